The number of hydrogen-bond donors (Lipinski definition) is 2. The molecule has 1 amide bonds. The van der Waals surface area contributed by atoms with Crippen LogP contribution in [0.5, 0.6) is 0 Å². The van der Waals surface area contributed by atoms with Gasteiger partial charge in [0, 0.05) is 11.7 Å². The van der Waals surface area contributed by atoms with Crippen molar-refractivity contribution in [2.45, 2.75) is 77.8 Å². The molecule has 0 bridgehead atoms. The molecular weight excluding hydrogens is 272 g/mol. The van der Waals surface area contributed by atoms with Gasteiger partial charge in [0.2, 0.25) is 5.91 Å². The third kappa shape index (κ3) is 5.13. The van der Waals surface area contributed by atoms with E-state index in [0.717, 1.165) is 11.3 Å². The molecule has 0 aromatic heterocycles. The van der Waals surface area contributed by atoms with Gasteiger partial charge in [-0.3, -0.25) is 4.79 Å². The monoisotopic (exact) mass is 302 g/mol. The van der Waals surface area contributed by atoms with Crippen molar-refractivity contribution < 1.29 is 4.79 Å². The largest absolute Gasteiger partial charge is 0.324 e. The van der Waals surface area contributed by atoms with Crippen molar-refractivity contribution in [3.05, 3.63) is 29.3 Å². The first-order valence-corrected chi connectivity index (χ1v) is 8.70. The lowest BCUT2D eigenvalue weighted by atomic mass is 9.96. The zero-order chi connectivity index (χ0) is 15.9. The van der Waals surface area contributed by atoms with Gasteiger partial charge in [0.05, 0.1) is 6.04 Å². The maximum absolute atomic E-state index is 12.4. The molecule has 22 heavy (non-hydrogen) atoms. The summed E-state index contributed by atoms with van der Waals surface area (Å²) < 4.78 is 0. The van der Waals surface area contributed by atoms with Gasteiger partial charge in [-0.15, -0.1) is 0 Å². The van der Waals surface area contributed by atoms with Crippen molar-refractivity contribution in [1.29, 1.82) is 0 Å². The molecule has 0 aliphatic heterocycles. The standard InChI is InChI=1S/C19H30N2O/c1-14-11-12-18(15(2)13-14)21-19(22)16(3)20-17-9-7-5-4-6-8-10-17/h11-13,16-17,20H,4-10H2,1-3H3,(H,21,22)/t16-/m0/s1. The molecule has 1 fully saturated rings. The van der Waals surface area contributed by atoms with Crippen LogP contribution in [-0.2, 0) is 4.79 Å². The first-order valence-electron chi connectivity index (χ1n) is 8.70. The molecule has 2 rings (SSSR count). The summed E-state index contributed by atoms with van der Waals surface area (Å²) in [6.07, 6.45) is 8.99. The van der Waals surface area contributed by atoms with Gasteiger partial charge in [-0.2, -0.15) is 0 Å². The van der Waals surface area contributed by atoms with E-state index in [1.165, 1.54) is 50.5 Å². The summed E-state index contributed by atoms with van der Waals surface area (Å²) in [5.74, 6) is 0.0639. The summed E-state index contributed by atoms with van der Waals surface area (Å²) in [4.78, 5) is 12.4. The number of amides is 1. The summed E-state index contributed by atoms with van der Waals surface area (Å²) in [6, 6.07) is 6.47. The normalized spacial score (nSPS) is 18.3. The van der Waals surface area contributed by atoms with Crippen LogP contribution in [0.2, 0.25) is 0 Å². The van der Waals surface area contributed by atoms with Gasteiger partial charge in [-0.05, 0) is 45.2 Å². The van der Waals surface area contributed by atoms with Gasteiger partial charge in [0.15, 0.2) is 0 Å². The van der Waals surface area contributed by atoms with E-state index in [2.05, 4.69) is 23.6 Å². The van der Waals surface area contributed by atoms with E-state index in [0.29, 0.717) is 6.04 Å². The van der Waals surface area contributed by atoms with Crippen LogP contribution in [0.1, 0.15) is 63.0 Å². The summed E-state index contributed by atoms with van der Waals surface area (Å²) in [7, 11) is 0. The lowest BCUT2D eigenvalue weighted by Gasteiger charge is -2.25. The van der Waals surface area contributed by atoms with Crippen molar-refractivity contribution in [1.82, 2.24) is 5.32 Å². The number of carbonyl (C=O) groups is 1. The SMILES string of the molecule is Cc1ccc(NC(=O)[C@H](C)NC2CCCCCCC2)c(C)c1. The van der Waals surface area contributed by atoms with Gasteiger partial charge in [-0.1, -0.05) is 49.8 Å². The van der Waals surface area contributed by atoms with Gasteiger partial charge in [0.1, 0.15) is 0 Å². The molecule has 1 aromatic carbocycles. The highest BCUT2D eigenvalue weighted by Crippen LogP contribution is 2.19. The second-order valence-corrected chi connectivity index (χ2v) is 6.74. The second kappa shape index (κ2) is 8.33. The summed E-state index contributed by atoms with van der Waals surface area (Å²) in [5, 5.41) is 6.58. The Labute approximate surface area is 134 Å². The minimum atomic E-state index is -0.148. The van der Waals surface area contributed by atoms with Crippen LogP contribution in [0.15, 0.2) is 18.2 Å². The van der Waals surface area contributed by atoms with Gasteiger partial charge >= 0.3 is 0 Å². The number of rotatable bonds is 4. The Balaban J connectivity index is 1.88. The van der Waals surface area contributed by atoms with Crippen LogP contribution in [0.4, 0.5) is 5.69 Å². The summed E-state index contributed by atoms with van der Waals surface area (Å²) in [5.41, 5.74) is 3.25. The highest BCUT2D eigenvalue weighted by Gasteiger charge is 2.19. The Bertz CT molecular complexity index is 490. The van der Waals surface area contributed by atoms with Crippen LogP contribution in [0.3, 0.4) is 0 Å². The van der Waals surface area contributed by atoms with Gasteiger partial charge in [0.25, 0.3) is 0 Å². The number of aryl methyl sites for hydroxylation is 2. The van der Waals surface area contributed by atoms with E-state index < -0.39 is 0 Å². The molecule has 3 heteroatoms. The number of nitrogens with one attached hydrogen (secondary N) is 2. The molecular formula is C19H30N2O. The van der Waals surface area contributed by atoms with E-state index in [1.54, 1.807) is 0 Å². The summed E-state index contributed by atoms with van der Waals surface area (Å²) in [6.45, 7) is 6.07. The van der Waals surface area contributed by atoms with Crippen LogP contribution in [0.25, 0.3) is 0 Å². The first-order chi connectivity index (χ1) is 10.6. The maximum Gasteiger partial charge on any atom is 0.241 e. The molecule has 0 saturated heterocycles. The van der Waals surface area contributed by atoms with Crippen molar-refractivity contribution >= 4 is 11.6 Å². The fourth-order valence-corrected chi connectivity index (χ4v) is 3.25. The van der Waals surface area contributed by atoms with Gasteiger partial charge < -0.3 is 10.6 Å². The lowest BCUT2D eigenvalue weighted by molar-refractivity contribution is -0.118. The highest BCUT2D eigenvalue weighted by atomic mass is 16.2. The minimum absolute atomic E-state index is 0.0639. The number of hydrogen-bond acceptors (Lipinski definition) is 2. The van der Waals surface area contributed by atoms with Crippen LogP contribution in [0, 0.1) is 13.8 Å². The fraction of sp³-hybridized carbons (Fsp3) is 0.632. The average Bonchev–Trinajstić information content (AvgIpc) is 2.44. The van der Waals surface area contributed by atoms with Crippen LogP contribution in [-0.4, -0.2) is 18.0 Å². The predicted molar refractivity (Wildman–Crippen MR) is 93.3 cm³/mol. The van der Waals surface area contributed by atoms with Crippen LogP contribution >= 0.6 is 0 Å². The lowest BCUT2D eigenvalue weighted by Crippen LogP contribution is -2.44. The smallest absolute Gasteiger partial charge is 0.241 e. The van der Waals surface area contributed by atoms with Crippen molar-refractivity contribution in [3.63, 3.8) is 0 Å². The average molecular weight is 302 g/mol. The minimum Gasteiger partial charge on any atom is -0.324 e. The highest BCUT2D eigenvalue weighted by molar-refractivity contribution is 5.95. The second-order valence-electron chi connectivity index (χ2n) is 6.74. The van der Waals surface area contributed by atoms with Crippen molar-refractivity contribution in [2.24, 2.45) is 0 Å². The molecule has 1 aromatic rings. The van der Waals surface area contributed by atoms with Crippen molar-refractivity contribution in [3.8, 4) is 0 Å². The molecule has 0 unspecified atom stereocenters. The molecule has 1 aliphatic carbocycles. The Morgan fingerprint density at radius 3 is 2.36 bits per heavy atom. The Morgan fingerprint density at radius 1 is 1.09 bits per heavy atom. The van der Waals surface area contributed by atoms with Gasteiger partial charge in [-0.25, -0.2) is 0 Å². The Morgan fingerprint density at radius 2 is 1.73 bits per heavy atom. The topological polar surface area (TPSA) is 41.1 Å². The van der Waals surface area contributed by atoms with Crippen LogP contribution < -0.4 is 10.6 Å². The number of benzene rings is 1. The molecule has 1 atom stereocenters. The number of anilines is 1. The van der Waals surface area contributed by atoms with E-state index in [-0.39, 0.29) is 11.9 Å². The first kappa shape index (κ1) is 17.0. The quantitative estimate of drug-likeness (QED) is 0.869. The maximum atomic E-state index is 12.4. The van der Waals surface area contributed by atoms with E-state index in [9.17, 15) is 4.79 Å². The zero-order valence-corrected chi connectivity index (χ0v) is 14.2. The third-order valence-corrected chi connectivity index (χ3v) is 4.62. The van der Waals surface area contributed by atoms with E-state index >= 15 is 0 Å². The van der Waals surface area contributed by atoms with Crippen molar-refractivity contribution in [2.75, 3.05) is 5.32 Å². The molecule has 2 N–H and O–H groups in total. The molecule has 0 heterocycles. The number of carbonyl (C=O) groups excluding carboxylic acids is 1. The molecule has 0 spiro atoms. The molecule has 3 nitrogen and oxygen atoms in total. The fourth-order valence-electron chi connectivity index (χ4n) is 3.25. The molecule has 0 radical (unpaired) electrons. The van der Waals surface area contributed by atoms with E-state index in [1.807, 2.05) is 26.0 Å². The Hall–Kier alpha value is -1.35. The van der Waals surface area contributed by atoms with E-state index in [4.69, 9.17) is 0 Å². The summed E-state index contributed by atoms with van der Waals surface area (Å²) >= 11 is 0. The molecule has 1 aliphatic rings. The third-order valence-electron chi connectivity index (χ3n) is 4.62. The predicted octanol–water partition coefficient (Wildman–Crippen LogP) is 4.33. The molecule has 1 saturated carbocycles. The zero-order valence-electron chi connectivity index (χ0n) is 14.2. The molecule has 122 valence electrons. The Kier molecular flexibility index (Phi) is 6.44.